The zero-order chi connectivity index (χ0) is 8.43. The molecule has 3 atom stereocenters. The molecule has 0 saturated carbocycles. The maximum atomic E-state index is 10.6. The van der Waals surface area contributed by atoms with Crippen molar-refractivity contribution in [2.45, 2.75) is 31.9 Å². The van der Waals surface area contributed by atoms with Gasteiger partial charge in [-0.25, -0.2) is 0 Å². The average molecular weight is 173 g/mol. The first-order chi connectivity index (χ1) is 5.11. The van der Waals surface area contributed by atoms with Gasteiger partial charge in [-0.1, -0.05) is 29.7 Å². The van der Waals surface area contributed by atoms with Crippen LogP contribution in [-0.4, -0.2) is 14.0 Å². The number of hydrogen-bond donors (Lipinski definition) is 0. The van der Waals surface area contributed by atoms with Crippen molar-refractivity contribution < 1.29 is 8.76 Å². The van der Waals surface area contributed by atoms with Crippen molar-refractivity contribution in [1.82, 2.24) is 0 Å². The fraction of sp³-hybridized carbons (Fsp3) is 0.750. The lowest BCUT2D eigenvalue weighted by Gasteiger charge is -2.28. The number of allylic oxidation sites excluding steroid dienone is 2. The van der Waals surface area contributed by atoms with Gasteiger partial charge < -0.3 is 4.55 Å². The second kappa shape index (κ2) is 3.50. The van der Waals surface area contributed by atoms with E-state index in [1.807, 2.05) is 6.92 Å². The van der Waals surface area contributed by atoms with E-state index in [-0.39, 0.29) is 11.2 Å². The predicted molar refractivity (Wildman–Crippen MR) is 44.9 cm³/mol. The Morgan fingerprint density at radius 3 is 2.82 bits per heavy atom. The molecule has 0 aliphatic heterocycles. The van der Waals surface area contributed by atoms with Gasteiger partial charge in [-0.3, -0.25) is 4.21 Å². The molecule has 0 aromatic carbocycles. The van der Waals surface area contributed by atoms with E-state index in [2.05, 4.69) is 13.0 Å². The quantitative estimate of drug-likeness (QED) is 0.446. The van der Waals surface area contributed by atoms with Gasteiger partial charge in [0.1, 0.15) is 0 Å². The van der Waals surface area contributed by atoms with Gasteiger partial charge in [0.05, 0.1) is 0 Å². The molecule has 64 valence electrons. The molecule has 1 aliphatic rings. The molecule has 1 aliphatic carbocycles. The molecule has 0 radical (unpaired) electrons. The molecule has 3 heteroatoms. The van der Waals surface area contributed by atoms with Crippen LogP contribution in [0.4, 0.5) is 0 Å². The van der Waals surface area contributed by atoms with Crippen molar-refractivity contribution in [3.05, 3.63) is 11.6 Å². The smallest absolute Gasteiger partial charge is 0.0279 e. The third-order valence-electron chi connectivity index (χ3n) is 2.20. The summed E-state index contributed by atoms with van der Waals surface area (Å²) in [5, 5.41) is -0.154. The lowest BCUT2D eigenvalue weighted by Crippen LogP contribution is -2.25. The predicted octanol–water partition coefficient (Wildman–Crippen LogP) is 1.61. The molecule has 0 spiro atoms. The zero-order valence-electron chi connectivity index (χ0n) is 6.87. The van der Waals surface area contributed by atoms with Crippen molar-refractivity contribution in [3.8, 4) is 0 Å². The van der Waals surface area contributed by atoms with Crippen molar-refractivity contribution in [3.63, 3.8) is 0 Å². The molecule has 0 amide bonds. The van der Waals surface area contributed by atoms with E-state index < -0.39 is 11.1 Å². The summed E-state index contributed by atoms with van der Waals surface area (Å²) in [6, 6.07) is 0. The van der Waals surface area contributed by atoms with Crippen molar-refractivity contribution in [1.29, 1.82) is 0 Å². The summed E-state index contributed by atoms with van der Waals surface area (Å²) in [6.45, 7) is 4.02. The van der Waals surface area contributed by atoms with Gasteiger partial charge in [0.25, 0.3) is 0 Å². The first-order valence-corrected chi connectivity index (χ1v) is 5.00. The van der Waals surface area contributed by atoms with Gasteiger partial charge in [0.15, 0.2) is 0 Å². The maximum absolute atomic E-state index is 10.6. The topological polar surface area (TPSA) is 40.1 Å². The van der Waals surface area contributed by atoms with Gasteiger partial charge in [-0.05, 0) is 25.7 Å². The first-order valence-electron chi connectivity index (χ1n) is 3.86. The summed E-state index contributed by atoms with van der Waals surface area (Å²) in [4.78, 5) is 0. The van der Waals surface area contributed by atoms with Crippen LogP contribution in [0.2, 0.25) is 0 Å². The Labute approximate surface area is 70.0 Å². The lowest BCUT2D eigenvalue weighted by atomic mass is 9.92. The van der Waals surface area contributed by atoms with Crippen LogP contribution in [0.1, 0.15) is 26.7 Å². The Hall–Kier alpha value is -0.150. The fourth-order valence-electron chi connectivity index (χ4n) is 1.54. The van der Waals surface area contributed by atoms with Crippen LogP contribution >= 0.6 is 0 Å². The number of rotatable bonds is 1. The molecule has 11 heavy (non-hydrogen) atoms. The Balaban J connectivity index is 2.68. The Kier molecular flexibility index (Phi) is 2.84. The minimum Gasteiger partial charge on any atom is -0.772 e. The van der Waals surface area contributed by atoms with Gasteiger partial charge in [-0.2, -0.15) is 0 Å². The van der Waals surface area contributed by atoms with E-state index in [0.29, 0.717) is 0 Å². The minimum atomic E-state index is -1.89. The summed E-state index contributed by atoms with van der Waals surface area (Å²) < 4.78 is 21.3. The molecule has 3 unspecified atom stereocenters. The minimum absolute atomic E-state index is 0.154. The van der Waals surface area contributed by atoms with E-state index in [1.165, 1.54) is 5.57 Å². The highest BCUT2D eigenvalue weighted by Crippen LogP contribution is 2.25. The summed E-state index contributed by atoms with van der Waals surface area (Å²) in [5.41, 5.74) is 1.32. The lowest BCUT2D eigenvalue weighted by molar-refractivity contribution is 0.481. The molecular formula is C8H13O2S-. The summed E-state index contributed by atoms with van der Waals surface area (Å²) in [5.74, 6) is 0.196. The zero-order valence-corrected chi connectivity index (χ0v) is 7.69. The SMILES string of the molecule is CC1=CC(C)C(S(=O)[O-])CC1. The maximum Gasteiger partial charge on any atom is 0.0279 e. The van der Waals surface area contributed by atoms with E-state index in [9.17, 15) is 8.76 Å². The van der Waals surface area contributed by atoms with Crippen LogP contribution in [0.5, 0.6) is 0 Å². The molecule has 2 nitrogen and oxygen atoms in total. The van der Waals surface area contributed by atoms with Crippen LogP contribution in [0.25, 0.3) is 0 Å². The van der Waals surface area contributed by atoms with Crippen LogP contribution in [0.3, 0.4) is 0 Å². The standard InChI is InChI=1S/C8H14O2S/c1-6-3-4-8(11(9)10)7(2)5-6/h5,7-8H,3-4H2,1-2H3,(H,9,10)/p-1. The van der Waals surface area contributed by atoms with Crippen molar-refractivity contribution >= 4 is 11.1 Å². The molecule has 0 bridgehead atoms. The van der Waals surface area contributed by atoms with Gasteiger partial charge >= 0.3 is 0 Å². The normalized spacial score (nSPS) is 34.6. The third-order valence-corrected chi connectivity index (χ3v) is 3.36. The molecule has 0 saturated heterocycles. The highest BCUT2D eigenvalue weighted by Gasteiger charge is 2.19. The monoisotopic (exact) mass is 173 g/mol. The highest BCUT2D eigenvalue weighted by molar-refractivity contribution is 7.79. The molecule has 0 fully saturated rings. The summed E-state index contributed by atoms with van der Waals surface area (Å²) in [6.07, 6.45) is 3.78. The van der Waals surface area contributed by atoms with E-state index in [1.54, 1.807) is 0 Å². The van der Waals surface area contributed by atoms with Crippen molar-refractivity contribution in [2.24, 2.45) is 5.92 Å². The van der Waals surface area contributed by atoms with E-state index in [0.717, 1.165) is 12.8 Å². The second-order valence-corrected chi connectivity index (χ2v) is 4.34. The van der Waals surface area contributed by atoms with Crippen LogP contribution in [0.15, 0.2) is 11.6 Å². The van der Waals surface area contributed by atoms with E-state index in [4.69, 9.17) is 0 Å². The number of hydrogen-bond acceptors (Lipinski definition) is 2. The van der Waals surface area contributed by atoms with Gasteiger partial charge in [0, 0.05) is 5.25 Å². The highest BCUT2D eigenvalue weighted by atomic mass is 32.2. The van der Waals surface area contributed by atoms with Crippen LogP contribution in [-0.2, 0) is 11.1 Å². The molecule has 0 aromatic heterocycles. The van der Waals surface area contributed by atoms with Gasteiger partial charge in [-0.15, -0.1) is 0 Å². The van der Waals surface area contributed by atoms with Crippen molar-refractivity contribution in [2.75, 3.05) is 0 Å². The Morgan fingerprint density at radius 1 is 1.73 bits per heavy atom. The molecule has 0 aromatic rings. The Morgan fingerprint density at radius 2 is 2.36 bits per heavy atom. The largest absolute Gasteiger partial charge is 0.772 e. The summed E-state index contributed by atoms with van der Waals surface area (Å²) >= 11 is -1.89. The molecule has 1 rings (SSSR count). The van der Waals surface area contributed by atoms with Gasteiger partial charge in [0.2, 0.25) is 0 Å². The Bertz CT molecular complexity index is 198. The summed E-state index contributed by atoms with van der Waals surface area (Å²) in [7, 11) is 0. The molecule has 0 heterocycles. The first kappa shape index (κ1) is 8.94. The average Bonchev–Trinajstić information content (AvgIpc) is 1.85. The molecular weight excluding hydrogens is 160 g/mol. The van der Waals surface area contributed by atoms with Crippen LogP contribution < -0.4 is 0 Å². The second-order valence-electron chi connectivity index (χ2n) is 3.21. The molecule has 0 N–H and O–H groups in total. The van der Waals surface area contributed by atoms with E-state index >= 15 is 0 Å². The third kappa shape index (κ3) is 2.14. The van der Waals surface area contributed by atoms with Crippen LogP contribution in [0, 0.1) is 5.92 Å². The fourth-order valence-corrected chi connectivity index (χ4v) is 2.28.